The van der Waals surface area contributed by atoms with Crippen LogP contribution in [0, 0.1) is 19.8 Å². The summed E-state index contributed by atoms with van der Waals surface area (Å²) >= 11 is 0. The molecular formula is C24H28N4O6. The van der Waals surface area contributed by atoms with E-state index in [0.29, 0.717) is 60.9 Å². The first-order valence-electron chi connectivity index (χ1n) is 11.6. The van der Waals surface area contributed by atoms with Gasteiger partial charge in [-0.2, -0.15) is 0 Å². The van der Waals surface area contributed by atoms with Gasteiger partial charge in [-0.1, -0.05) is 18.1 Å². The van der Waals surface area contributed by atoms with Gasteiger partial charge in [-0.05, 0) is 56.7 Å². The third kappa shape index (κ3) is 3.48. The molecule has 5 rings (SSSR count). The number of nitrogens with zero attached hydrogens (tertiary/aromatic N) is 3. The average Bonchev–Trinajstić information content (AvgIpc) is 3.51. The molecule has 1 atom stereocenters. The van der Waals surface area contributed by atoms with E-state index >= 15 is 0 Å². The lowest BCUT2D eigenvalue weighted by atomic mass is 9.75. The molecule has 2 aromatic rings. The van der Waals surface area contributed by atoms with Crippen LogP contribution in [0.4, 0.5) is 4.79 Å². The molecule has 1 aromatic heterocycles. The van der Waals surface area contributed by atoms with Gasteiger partial charge in [-0.3, -0.25) is 14.5 Å². The van der Waals surface area contributed by atoms with E-state index in [1.54, 1.807) is 30.9 Å². The Morgan fingerprint density at radius 2 is 1.91 bits per heavy atom. The minimum atomic E-state index is -0.967. The van der Waals surface area contributed by atoms with E-state index in [1.807, 2.05) is 13.0 Å². The van der Waals surface area contributed by atoms with Gasteiger partial charge in [0.1, 0.15) is 16.9 Å². The summed E-state index contributed by atoms with van der Waals surface area (Å²) in [6.45, 7) is 6.73. The number of carbonyl (C=O) groups is 3. The van der Waals surface area contributed by atoms with Crippen molar-refractivity contribution in [3.8, 4) is 11.5 Å². The Kier molecular flexibility index (Phi) is 5.45. The molecule has 2 saturated heterocycles. The molecule has 2 fully saturated rings. The second-order valence-electron chi connectivity index (χ2n) is 9.10. The average molecular weight is 469 g/mol. The zero-order valence-electron chi connectivity index (χ0n) is 19.6. The van der Waals surface area contributed by atoms with Crippen molar-refractivity contribution >= 4 is 17.8 Å². The highest BCUT2D eigenvalue weighted by molar-refractivity contribution is 6.07. The van der Waals surface area contributed by atoms with Crippen molar-refractivity contribution in [3.05, 3.63) is 40.8 Å². The van der Waals surface area contributed by atoms with Crippen LogP contribution in [0.25, 0.3) is 0 Å². The number of likely N-dealkylation sites (tertiary alicyclic amines) is 1. The van der Waals surface area contributed by atoms with Crippen molar-refractivity contribution in [2.45, 2.75) is 52.1 Å². The summed E-state index contributed by atoms with van der Waals surface area (Å²) in [5.41, 5.74) is 0.904. The maximum Gasteiger partial charge on any atom is 0.325 e. The van der Waals surface area contributed by atoms with E-state index in [-0.39, 0.29) is 31.1 Å². The van der Waals surface area contributed by atoms with Crippen LogP contribution >= 0.6 is 0 Å². The number of imide groups is 1. The number of piperidine rings is 1. The predicted octanol–water partition coefficient (Wildman–Crippen LogP) is 2.77. The van der Waals surface area contributed by atoms with E-state index in [9.17, 15) is 14.4 Å². The van der Waals surface area contributed by atoms with Crippen molar-refractivity contribution in [2.24, 2.45) is 5.92 Å². The van der Waals surface area contributed by atoms with Crippen molar-refractivity contribution in [1.82, 2.24) is 20.3 Å². The lowest BCUT2D eigenvalue weighted by molar-refractivity contribution is -0.134. The van der Waals surface area contributed by atoms with Gasteiger partial charge >= 0.3 is 6.03 Å². The molecule has 3 aliphatic rings. The number of fused-ring (bicyclic) bond motifs is 1. The van der Waals surface area contributed by atoms with Crippen molar-refractivity contribution in [2.75, 3.05) is 19.9 Å². The molecule has 4 amide bonds. The van der Waals surface area contributed by atoms with Crippen LogP contribution in [-0.4, -0.2) is 58.2 Å². The number of amides is 4. The highest BCUT2D eigenvalue weighted by atomic mass is 16.7. The highest BCUT2D eigenvalue weighted by Gasteiger charge is 2.55. The molecule has 34 heavy (non-hydrogen) atoms. The number of hydrogen-bond donors (Lipinski definition) is 1. The van der Waals surface area contributed by atoms with Crippen LogP contribution in [-0.2, 0) is 11.3 Å². The number of nitrogens with one attached hydrogen (secondary N) is 1. The van der Waals surface area contributed by atoms with E-state index in [0.717, 1.165) is 5.56 Å². The lowest BCUT2D eigenvalue weighted by Gasteiger charge is -2.40. The van der Waals surface area contributed by atoms with Gasteiger partial charge in [-0.15, -0.1) is 0 Å². The number of carbonyl (C=O) groups excluding carboxylic acids is 3. The molecule has 3 aliphatic heterocycles. The van der Waals surface area contributed by atoms with Crippen LogP contribution in [0.3, 0.4) is 0 Å². The fourth-order valence-corrected chi connectivity index (χ4v) is 5.34. The zero-order chi connectivity index (χ0) is 24.0. The first-order valence-corrected chi connectivity index (χ1v) is 11.6. The maximum atomic E-state index is 13.6. The standard InChI is InChI=1S/C24H28N4O6/c1-4-24(17-7-9-27(10-8-17)21(29)20-14(2)26-34-15(20)3)22(30)28(23(31)25-24)12-16-5-6-18-19(11-16)33-13-32-18/h5-6,11,17H,4,7-10,12-13H2,1-3H3,(H,25,31)/t24-/m1/s1. The normalized spacial score (nSPS) is 22.4. The Labute approximate surface area is 197 Å². The molecule has 0 spiro atoms. The predicted molar refractivity (Wildman–Crippen MR) is 119 cm³/mol. The summed E-state index contributed by atoms with van der Waals surface area (Å²) < 4.78 is 15.9. The quantitative estimate of drug-likeness (QED) is 0.671. The topological polar surface area (TPSA) is 114 Å². The Bertz CT molecular complexity index is 1130. The fraction of sp³-hybridized carbons (Fsp3) is 0.500. The van der Waals surface area contributed by atoms with Crippen LogP contribution in [0.5, 0.6) is 11.5 Å². The molecule has 1 aromatic carbocycles. The smallest absolute Gasteiger partial charge is 0.325 e. The van der Waals surface area contributed by atoms with Gasteiger partial charge in [0, 0.05) is 13.1 Å². The summed E-state index contributed by atoms with van der Waals surface area (Å²) in [6, 6.07) is 5.03. The third-order valence-corrected chi connectivity index (χ3v) is 7.26. The summed E-state index contributed by atoms with van der Waals surface area (Å²) in [6.07, 6.45) is 1.72. The van der Waals surface area contributed by atoms with Gasteiger partial charge in [0.15, 0.2) is 11.5 Å². The van der Waals surface area contributed by atoms with Gasteiger partial charge in [0.05, 0.1) is 12.2 Å². The maximum absolute atomic E-state index is 13.6. The number of urea groups is 1. The first-order chi connectivity index (χ1) is 16.3. The van der Waals surface area contributed by atoms with E-state index in [1.165, 1.54) is 4.90 Å². The van der Waals surface area contributed by atoms with E-state index in [2.05, 4.69) is 10.5 Å². The zero-order valence-corrected chi connectivity index (χ0v) is 19.6. The van der Waals surface area contributed by atoms with Crippen LogP contribution < -0.4 is 14.8 Å². The number of aromatic nitrogens is 1. The number of aryl methyl sites for hydroxylation is 2. The molecule has 180 valence electrons. The summed E-state index contributed by atoms with van der Waals surface area (Å²) in [4.78, 5) is 42.5. The molecule has 1 N–H and O–H groups in total. The largest absolute Gasteiger partial charge is 0.454 e. The van der Waals surface area contributed by atoms with Crippen LogP contribution in [0.15, 0.2) is 22.7 Å². The summed E-state index contributed by atoms with van der Waals surface area (Å²) in [7, 11) is 0. The monoisotopic (exact) mass is 468 g/mol. The Balaban J connectivity index is 1.29. The van der Waals surface area contributed by atoms with E-state index in [4.69, 9.17) is 14.0 Å². The van der Waals surface area contributed by atoms with Crippen molar-refractivity contribution < 1.29 is 28.4 Å². The first kappa shape index (κ1) is 22.2. The Morgan fingerprint density at radius 1 is 1.18 bits per heavy atom. The van der Waals surface area contributed by atoms with Crippen LogP contribution in [0.2, 0.25) is 0 Å². The molecule has 0 saturated carbocycles. The molecule has 0 bridgehead atoms. The number of rotatable bonds is 5. The van der Waals surface area contributed by atoms with Gasteiger partial charge in [0.25, 0.3) is 11.8 Å². The summed E-state index contributed by atoms with van der Waals surface area (Å²) in [5, 5.41) is 6.88. The van der Waals surface area contributed by atoms with Crippen molar-refractivity contribution in [3.63, 3.8) is 0 Å². The Morgan fingerprint density at radius 3 is 2.59 bits per heavy atom. The van der Waals surface area contributed by atoms with Gasteiger partial charge in [-0.25, -0.2) is 4.79 Å². The molecule has 0 radical (unpaired) electrons. The van der Waals surface area contributed by atoms with Gasteiger partial charge < -0.3 is 24.2 Å². The fourth-order valence-electron chi connectivity index (χ4n) is 5.34. The third-order valence-electron chi connectivity index (χ3n) is 7.26. The van der Waals surface area contributed by atoms with Gasteiger partial charge in [0.2, 0.25) is 6.79 Å². The molecule has 0 aliphatic carbocycles. The molecule has 10 heteroatoms. The lowest BCUT2D eigenvalue weighted by Crippen LogP contribution is -2.56. The molecule has 4 heterocycles. The molecule has 10 nitrogen and oxygen atoms in total. The SMILES string of the molecule is CC[C@]1(C2CCN(C(=O)c3c(C)noc3C)CC2)NC(=O)N(Cc2ccc3c(c2)OCO3)C1=O. The molecule has 0 unspecified atom stereocenters. The second kappa shape index (κ2) is 8.34. The van der Waals surface area contributed by atoms with Crippen LogP contribution in [0.1, 0.15) is 53.6 Å². The van der Waals surface area contributed by atoms with Crippen molar-refractivity contribution in [1.29, 1.82) is 0 Å². The number of benzene rings is 1. The number of ether oxygens (including phenoxy) is 2. The minimum Gasteiger partial charge on any atom is -0.454 e. The highest BCUT2D eigenvalue weighted by Crippen LogP contribution is 2.38. The molecular weight excluding hydrogens is 440 g/mol. The summed E-state index contributed by atoms with van der Waals surface area (Å²) in [5.74, 6) is 1.39. The second-order valence-corrected chi connectivity index (χ2v) is 9.10. The Hall–Kier alpha value is -3.56. The van der Waals surface area contributed by atoms with E-state index < -0.39 is 11.6 Å². The number of hydrogen-bond acceptors (Lipinski definition) is 7. The minimum absolute atomic E-state index is 0.0653.